The van der Waals surface area contributed by atoms with Crippen LogP contribution in [-0.2, 0) is 6.54 Å². The highest BCUT2D eigenvalue weighted by molar-refractivity contribution is 7.71. The van der Waals surface area contributed by atoms with E-state index in [9.17, 15) is 0 Å². The van der Waals surface area contributed by atoms with Gasteiger partial charge in [-0.25, -0.2) is 0 Å². The molecule has 0 saturated carbocycles. The number of H-pyrrole nitrogens is 1. The predicted octanol–water partition coefficient (Wildman–Crippen LogP) is 2.35. The standard InChI is InChI=1S/C12H11N5OS/c1-8-13-10(16-18-8)7-17-11(14-15-12(17)19)9-5-3-2-4-6-9/h2-6H,7H2,1H3,(H,15,19). The molecule has 1 aromatic carbocycles. The molecular weight excluding hydrogens is 262 g/mol. The number of aromatic nitrogens is 5. The second kappa shape index (κ2) is 4.77. The molecule has 0 aliphatic rings. The minimum absolute atomic E-state index is 0.427. The molecule has 2 aromatic heterocycles. The van der Waals surface area contributed by atoms with E-state index in [1.165, 1.54) is 0 Å². The van der Waals surface area contributed by atoms with Gasteiger partial charge in [-0.1, -0.05) is 35.5 Å². The summed E-state index contributed by atoms with van der Waals surface area (Å²) in [5.41, 5.74) is 0.982. The summed E-state index contributed by atoms with van der Waals surface area (Å²) in [6, 6.07) is 9.81. The van der Waals surface area contributed by atoms with Crippen molar-refractivity contribution in [3.8, 4) is 11.4 Å². The van der Waals surface area contributed by atoms with Crippen molar-refractivity contribution >= 4 is 12.2 Å². The van der Waals surface area contributed by atoms with Crippen LogP contribution in [0.5, 0.6) is 0 Å². The van der Waals surface area contributed by atoms with Crippen molar-refractivity contribution in [1.82, 2.24) is 24.9 Å². The maximum atomic E-state index is 5.24. The lowest BCUT2D eigenvalue weighted by molar-refractivity contribution is 0.386. The van der Waals surface area contributed by atoms with Gasteiger partial charge in [0.05, 0.1) is 6.54 Å². The molecule has 7 heteroatoms. The minimum Gasteiger partial charge on any atom is -0.340 e. The highest BCUT2D eigenvalue weighted by Crippen LogP contribution is 2.17. The van der Waals surface area contributed by atoms with E-state index in [-0.39, 0.29) is 0 Å². The first-order valence-corrected chi connectivity index (χ1v) is 6.14. The first-order valence-electron chi connectivity index (χ1n) is 5.74. The number of benzene rings is 1. The quantitative estimate of drug-likeness (QED) is 0.741. The second-order valence-electron chi connectivity index (χ2n) is 4.03. The fourth-order valence-electron chi connectivity index (χ4n) is 1.82. The Hall–Kier alpha value is -2.28. The van der Waals surface area contributed by atoms with E-state index in [2.05, 4.69) is 20.3 Å². The summed E-state index contributed by atoms with van der Waals surface area (Å²) >= 11 is 5.24. The Morgan fingerprint density at radius 1 is 1.32 bits per heavy atom. The normalized spacial score (nSPS) is 10.8. The van der Waals surface area contributed by atoms with Crippen LogP contribution in [-0.4, -0.2) is 24.9 Å². The molecule has 3 aromatic rings. The van der Waals surface area contributed by atoms with Crippen molar-refractivity contribution in [3.05, 3.63) is 46.8 Å². The van der Waals surface area contributed by atoms with Crippen LogP contribution in [0.4, 0.5) is 0 Å². The van der Waals surface area contributed by atoms with E-state index in [1.807, 2.05) is 34.9 Å². The molecule has 0 spiro atoms. The zero-order valence-electron chi connectivity index (χ0n) is 10.2. The SMILES string of the molecule is Cc1nc(Cn2c(-c3ccccc3)n[nH]c2=S)no1. The molecule has 0 bridgehead atoms. The molecule has 6 nitrogen and oxygen atoms in total. The lowest BCUT2D eigenvalue weighted by Gasteiger charge is -2.03. The van der Waals surface area contributed by atoms with Crippen LogP contribution >= 0.6 is 12.2 Å². The van der Waals surface area contributed by atoms with Crippen molar-refractivity contribution < 1.29 is 4.52 Å². The average molecular weight is 273 g/mol. The van der Waals surface area contributed by atoms with E-state index in [0.29, 0.717) is 23.0 Å². The highest BCUT2D eigenvalue weighted by Gasteiger charge is 2.11. The highest BCUT2D eigenvalue weighted by atomic mass is 32.1. The van der Waals surface area contributed by atoms with Gasteiger partial charge in [-0.05, 0) is 12.2 Å². The van der Waals surface area contributed by atoms with E-state index >= 15 is 0 Å². The molecule has 0 amide bonds. The van der Waals surface area contributed by atoms with Crippen LogP contribution in [0, 0.1) is 11.7 Å². The number of hydrogen-bond donors (Lipinski definition) is 1. The third-order valence-electron chi connectivity index (χ3n) is 2.66. The van der Waals surface area contributed by atoms with Gasteiger partial charge in [-0.3, -0.25) is 9.67 Å². The summed E-state index contributed by atoms with van der Waals surface area (Å²) in [6.45, 7) is 2.18. The lowest BCUT2D eigenvalue weighted by Crippen LogP contribution is -2.04. The van der Waals surface area contributed by atoms with Gasteiger partial charge >= 0.3 is 0 Å². The molecule has 0 atom stereocenters. The number of nitrogens with zero attached hydrogens (tertiary/aromatic N) is 4. The van der Waals surface area contributed by atoms with E-state index in [1.54, 1.807) is 6.92 Å². The molecule has 2 heterocycles. The van der Waals surface area contributed by atoms with Gasteiger partial charge < -0.3 is 4.52 Å². The van der Waals surface area contributed by atoms with Crippen molar-refractivity contribution in [2.24, 2.45) is 0 Å². The molecule has 96 valence electrons. The van der Waals surface area contributed by atoms with Gasteiger partial charge in [-0.15, -0.1) is 0 Å². The summed E-state index contributed by atoms with van der Waals surface area (Å²) in [5.74, 6) is 1.87. The van der Waals surface area contributed by atoms with Crippen molar-refractivity contribution in [2.45, 2.75) is 13.5 Å². The molecule has 0 saturated heterocycles. The summed E-state index contributed by atoms with van der Waals surface area (Å²) in [4.78, 5) is 4.17. The average Bonchev–Trinajstić information content (AvgIpc) is 2.99. The van der Waals surface area contributed by atoms with Gasteiger partial charge in [0.1, 0.15) is 0 Å². The number of nitrogens with one attached hydrogen (secondary N) is 1. The van der Waals surface area contributed by atoms with Gasteiger partial charge in [0.15, 0.2) is 16.4 Å². The molecule has 1 N–H and O–H groups in total. The van der Waals surface area contributed by atoms with Crippen LogP contribution < -0.4 is 0 Å². The topological polar surface area (TPSA) is 72.5 Å². The first-order chi connectivity index (χ1) is 9.24. The number of aromatic amines is 1. The first kappa shape index (κ1) is 11.8. The fourth-order valence-corrected chi connectivity index (χ4v) is 2.02. The Labute approximate surface area is 114 Å². The number of hydrogen-bond acceptors (Lipinski definition) is 5. The van der Waals surface area contributed by atoms with Crippen LogP contribution in [0.3, 0.4) is 0 Å². The molecule has 0 radical (unpaired) electrons. The maximum absolute atomic E-state index is 5.24. The lowest BCUT2D eigenvalue weighted by atomic mass is 10.2. The Balaban J connectivity index is 2.02. The summed E-state index contributed by atoms with van der Waals surface area (Å²) in [7, 11) is 0. The van der Waals surface area contributed by atoms with Crippen molar-refractivity contribution in [2.75, 3.05) is 0 Å². The molecule has 0 unspecified atom stereocenters. The molecule has 0 fully saturated rings. The summed E-state index contributed by atoms with van der Waals surface area (Å²) in [6.07, 6.45) is 0. The molecule has 0 aliphatic heterocycles. The maximum Gasteiger partial charge on any atom is 0.223 e. The van der Waals surface area contributed by atoms with Gasteiger partial charge in [0.25, 0.3) is 0 Å². The monoisotopic (exact) mass is 273 g/mol. The van der Waals surface area contributed by atoms with E-state index < -0.39 is 0 Å². The smallest absolute Gasteiger partial charge is 0.223 e. The van der Waals surface area contributed by atoms with E-state index in [4.69, 9.17) is 16.7 Å². The minimum atomic E-state index is 0.427. The zero-order chi connectivity index (χ0) is 13.2. The van der Waals surface area contributed by atoms with Gasteiger partial charge in [0.2, 0.25) is 5.89 Å². The van der Waals surface area contributed by atoms with Gasteiger partial charge in [-0.2, -0.15) is 10.1 Å². The fraction of sp³-hybridized carbons (Fsp3) is 0.167. The van der Waals surface area contributed by atoms with Crippen LogP contribution in [0.25, 0.3) is 11.4 Å². The Kier molecular flexibility index (Phi) is 2.96. The summed E-state index contributed by atoms with van der Waals surface area (Å²) < 4.78 is 7.33. The summed E-state index contributed by atoms with van der Waals surface area (Å²) in [5, 5.41) is 10.9. The second-order valence-corrected chi connectivity index (χ2v) is 4.42. The zero-order valence-corrected chi connectivity index (χ0v) is 11.0. The van der Waals surface area contributed by atoms with Crippen LogP contribution in [0.1, 0.15) is 11.7 Å². The predicted molar refractivity (Wildman–Crippen MR) is 71.0 cm³/mol. The molecule has 3 rings (SSSR count). The van der Waals surface area contributed by atoms with E-state index in [0.717, 1.165) is 11.4 Å². The molecular formula is C12H11N5OS. The van der Waals surface area contributed by atoms with Crippen molar-refractivity contribution in [1.29, 1.82) is 0 Å². The van der Waals surface area contributed by atoms with Crippen LogP contribution in [0.2, 0.25) is 0 Å². The van der Waals surface area contributed by atoms with Crippen LogP contribution in [0.15, 0.2) is 34.9 Å². The number of aryl methyl sites for hydroxylation is 1. The molecule has 19 heavy (non-hydrogen) atoms. The third-order valence-corrected chi connectivity index (χ3v) is 2.97. The van der Waals surface area contributed by atoms with Gasteiger partial charge in [0, 0.05) is 12.5 Å². The Bertz CT molecular complexity index is 743. The third kappa shape index (κ3) is 2.32. The largest absolute Gasteiger partial charge is 0.340 e. The van der Waals surface area contributed by atoms with Crippen molar-refractivity contribution in [3.63, 3.8) is 0 Å². The Morgan fingerprint density at radius 3 is 2.79 bits per heavy atom. The Morgan fingerprint density at radius 2 is 2.11 bits per heavy atom. The number of rotatable bonds is 3. The molecule has 0 aliphatic carbocycles.